The molecule has 1 aromatic carbocycles. The Labute approximate surface area is 144 Å². The third-order valence-electron chi connectivity index (χ3n) is 5.36. The minimum Gasteiger partial charge on any atom is -0.494 e. The Hall–Kier alpha value is -1.68. The van der Waals surface area contributed by atoms with Crippen LogP contribution in [0.4, 0.5) is 0 Å². The summed E-state index contributed by atoms with van der Waals surface area (Å²) in [5.74, 6) is 0.933. The van der Waals surface area contributed by atoms with E-state index in [0.717, 1.165) is 39.7 Å². The third-order valence-corrected chi connectivity index (χ3v) is 6.25. The van der Waals surface area contributed by atoms with Crippen molar-refractivity contribution >= 4 is 15.9 Å². The number of nitrogens with zero attached hydrogens (tertiary/aromatic N) is 1. The number of aromatic hydroxyl groups is 2. The molecule has 0 radical (unpaired) electrons. The highest BCUT2D eigenvalue weighted by Gasteiger charge is 2.48. The van der Waals surface area contributed by atoms with Gasteiger partial charge in [-0.05, 0) is 57.4 Å². The minimum atomic E-state index is 0.199. The Morgan fingerprint density at radius 1 is 1.09 bits per heavy atom. The van der Waals surface area contributed by atoms with E-state index >= 15 is 0 Å². The topological polar surface area (TPSA) is 45.4 Å². The van der Waals surface area contributed by atoms with E-state index in [9.17, 15) is 10.2 Å². The smallest absolute Gasteiger partial charge is 0.202 e. The van der Waals surface area contributed by atoms with Crippen LogP contribution in [0.25, 0.3) is 5.69 Å². The molecule has 2 aliphatic carbocycles. The highest BCUT2D eigenvalue weighted by atomic mass is 79.9. The average Bonchev–Trinajstić information content (AvgIpc) is 3.13. The number of benzene rings is 1. The van der Waals surface area contributed by atoms with Gasteiger partial charge in [0.25, 0.3) is 0 Å². The van der Waals surface area contributed by atoms with Gasteiger partial charge >= 0.3 is 0 Å². The predicted octanol–water partition coefficient (Wildman–Crippen LogP) is 5.27. The number of allylic oxidation sites excluding steroid dienone is 2. The van der Waals surface area contributed by atoms with E-state index in [1.807, 2.05) is 25.1 Å². The number of hydrogen-bond donors (Lipinski definition) is 2. The van der Waals surface area contributed by atoms with Crippen molar-refractivity contribution in [2.24, 2.45) is 0 Å². The molecule has 0 aliphatic heterocycles. The normalized spacial score (nSPS) is 21.8. The summed E-state index contributed by atoms with van der Waals surface area (Å²) in [6.07, 6.45) is 2.13. The van der Waals surface area contributed by atoms with Crippen LogP contribution in [-0.2, 0) is 0 Å². The highest BCUT2D eigenvalue weighted by molar-refractivity contribution is 9.10. The molecule has 2 aliphatic rings. The summed E-state index contributed by atoms with van der Waals surface area (Å²) < 4.78 is 2.61. The summed E-state index contributed by atoms with van der Waals surface area (Å²) in [5.41, 5.74) is 6.47. The minimum absolute atomic E-state index is 0.199. The number of halogens is 1. The van der Waals surface area contributed by atoms with Gasteiger partial charge in [0.05, 0.1) is 5.69 Å². The first-order valence-electron chi connectivity index (χ1n) is 8.02. The van der Waals surface area contributed by atoms with E-state index in [1.165, 1.54) is 11.1 Å². The van der Waals surface area contributed by atoms with Gasteiger partial charge in [0.15, 0.2) is 0 Å². The zero-order chi connectivity index (χ0) is 16.5. The number of hydrogen-bond acceptors (Lipinski definition) is 2. The second kappa shape index (κ2) is 4.91. The molecule has 1 fully saturated rings. The van der Waals surface area contributed by atoms with Crippen LogP contribution in [0.15, 0.2) is 33.8 Å². The molecule has 1 aromatic heterocycles. The SMILES string of the molecule is CC(C)=C1[C@H]2CC[C@@H]1c1c2c(O)n(-c2ccc(Br)c(C)c2)c1O. The Morgan fingerprint density at radius 3 is 2.13 bits per heavy atom. The van der Waals surface area contributed by atoms with Crippen molar-refractivity contribution in [3.05, 3.63) is 50.5 Å². The van der Waals surface area contributed by atoms with Crippen molar-refractivity contribution in [3.63, 3.8) is 0 Å². The Balaban J connectivity index is 1.94. The molecule has 2 aromatic rings. The molecule has 1 saturated carbocycles. The molecule has 2 atom stereocenters. The third kappa shape index (κ3) is 1.87. The lowest BCUT2D eigenvalue weighted by atomic mass is 9.95. The lowest BCUT2D eigenvalue weighted by Gasteiger charge is -2.13. The van der Waals surface area contributed by atoms with E-state index < -0.39 is 0 Å². The van der Waals surface area contributed by atoms with Crippen LogP contribution in [0.2, 0.25) is 0 Å². The van der Waals surface area contributed by atoms with Crippen LogP contribution in [0, 0.1) is 6.92 Å². The summed E-state index contributed by atoms with van der Waals surface area (Å²) in [7, 11) is 0. The summed E-state index contributed by atoms with van der Waals surface area (Å²) in [6.45, 7) is 6.27. The van der Waals surface area contributed by atoms with Gasteiger partial charge in [-0.3, -0.25) is 4.57 Å². The molecule has 4 heteroatoms. The monoisotopic (exact) mass is 373 g/mol. The molecule has 23 heavy (non-hydrogen) atoms. The first-order chi connectivity index (χ1) is 10.9. The maximum atomic E-state index is 10.8. The van der Waals surface area contributed by atoms with Crippen molar-refractivity contribution in [1.29, 1.82) is 0 Å². The van der Waals surface area contributed by atoms with Crippen molar-refractivity contribution in [2.75, 3.05) is 0 Å². The average molecular weight is 374 g/mol. The van der Waals surface area contributed by atoms with E-state index in [2.05, 4.69) is 29.8 Å². The summed E-state index contributed by atoms with van der Waals surface area (Å²) in [5, 5.41) is 21.7. The van der Waals surface area contributed by atoms with Gasteiger partial charge in [0, 0.05) is 27.4 Å². The first-order valence-corrected chi connectivity index (χ1v) is 8.81. The maximum absolute atomic E-state index is 10.8. The molecular formula is C19H20BrNO2. The molecule has 0 spiro atoms. The predicted molar refractivity (Wildman–Crippen MR) is 94.6 cm³/mol. The highest BCUT2D eigenvalue weighted by Crippen LogP contribution is 2.63. The van der Waals surface area contributed by atoms with Gasteiger partial charge in [0.1, 0.15) is 0 Å². The number of fused-ring (bicyclic) bond motifs is 5. The molecule has 3 nitrogen and oxygen atoms in total. The number of rotatable bonds is 1. The summed E-state index contributed by atoms with van der Waals surface area (Å²) >= 11 is 3.50. The second-order valence-electron chi connectivity index (χ2n) is 6.88. The lowest BCUT2D eigenvalue weighted by molar-refractivity contribution is 0.397. The fourth-order valence-corrected chi connectivity index (χ4v) is 4.71. The van der Waals surface area contributed by atoms with Crippen LogP contribution in [-0.4, -0.2) is 14.8 Å². The van der Waals surface area contributed by atoms with E-state index in [1.54, 1.807) is 4.57 Å². The van der Waals surface area contributed by atoms with Crippen molar-refractivity contribution in [1.82, 2.24) is 4.57 Å². The molecule has 4 rings (SSSR count). The van der Waals surface area contributed by atoms with Crippen LogP contribution in [0.3, 0.4) is 0 Å². The molecule has 2 bridgehead atoms. The van der Waals surface area contributed by atoms with Gasteiger partial charge in [-0.15, -0.1) is 0 Å². The molecule has 120 valence electrons. The van der Waals surface area contributed by atoms with Crippen molar-refractivity contribution < 1.29 is 10.2 Å². The van der Waals surface area contributed by atoms with Gasteiger partial charge in [0.2, 0.25) is 11.8 Å². The quantitative estimate of drug-likeness (QED) is 0.668. The fourth-order valence-electron chi connectivity index (χ4n) is 4.47. The van der Waals surface area contributed by atoms with Crippen LogP contribution in [0.5, 0.6) is 11.8 Å². The number of aromatic nitrogens is 1. The molecular weight excluding hydrogens is 354 g/mol. The Kier molecular flexibility index (Phi) is 3.17. The molecule has 0 amide bonds. The summed E-state index contributed by atoms with van der Waals surface area (Å²) in [6, 6.07) is 5.84. The first kappa shape index (κ1) is 14.9. The second-order valence-corrected chi connectivity index (χ2v) is 7.74. The van der Waals surface area contributed by atoms with Gasteiger partial charge in [-0.1, -0.05) is 27.1 Å². The molecule has 1 heterocycles. The number of aryl methyl sites for hydroxylation is 1. The Bertz CT molecular complexity index is 821. The van der Waals surface area contributed by atoms with E-state index in [4.69, 9.17) is 0 Å². The fraction of sp³-hybridized carbons (Fsp3) is 0.368. The zero-order valence-electron chi connectivity index (χ0n) is 13.5. The van der Waals surface area contributed by atoms with Crippen molar-refractivity contribution in [2.45, 2.75) is 45.4 Å². The van der Waals surface area contributed by atoms with Crippen molar-refractivity contribution in [3.8, 4) is 17.4 Å². The van der Waals surface area contributed by atoms with Crippen LogP contribution < -0.4 is 0 Å². The van der Waals surface area contributed by atoms with Crippen LogP contribution >= 0.6 is 15.9 Å². The largest absolute Gasteiger partial charge is 0.494 e. The molecule has 0 saturated heterocycles. The Morgan fingerprint density at radius 2 is 1.65 bits per heavy atom. The molecule has 0 unspecified atom stereocenters. The standard InChI is InChI=1S/C19H20BrNO2/c1-9(2)15-12-5-6-13(15)17-16(12)18(22)21(19(17)23)11-4-7-14(20)10(3)8-11/h4,7-8,12-13,22-23H,5-6H2,1-3H3/t12-,13+. The molecule has 2 N–H and O–H groups in total. The lowest BCUT2D eigenvalue weighted by Crippen LogP contribution is -1.98. The van der Waals surface area contributed by atoms with Gasteiger partial charge in [-0.25, -0.2) is 0 Å². The van der Waals surface area contributed by atoms with E-state index in [0.29, 0.717) is 0 Å². The van der Waals surface area contributed by atoms with Gasteiger partial charge < -0.3 is 10.2 Å². The summed E-state index contributed by atoms with van der Waals surface area (Å²) in [4.78, 5) is 0. The zero-order valence-corrected chi connectivity index (χ0v) is 15.1. The van der Waals surface area contributed by atoms with E-state index in [-0.39, 0.29) is 23.6 Å². The van der Waals surface area contributed by atoms with Crippen LogP contribution in [0.1, 0.15) is 55.2 Å². The maximum Gasteiger partial charge on any atom is 0.202 e. The van der Waals surface area contributed by atoms with Gasteiger partial charge in [-0.2, -0.15) is 0 Å².